The Kier molecular flexibility index (Phi) is 3.84. The lowest BCUT2D eigenvalue weighted by Crippen LogP contribution is -2.25. The first-order chi connectivity index (χ1) is 7.21. The summed E-state index contributed by atoms with van der Waals surface area (Å²) < 4.78 is 9.83. The highest BCUT2D eigenvalue weighted by Gasteiger charge is 2.12. The van der Waals surface area contributed by atoms with Crippen LogP contribution in [0.4, 0.5) is 0 Å². The summed E-state index contributed by atoms with van der Waals surface area (Å²) in [6.07, 6.45) is 0. The van der Waals surface area contributed by atoms with E-state index in [9.17, 15) is 4.79 Å². The average Bonchev–Trinajstić information content (AvgIpc) is 2.28. The van der Waals surface area contributed by atoms with Crippen molar-refractivity contribution < 1.29 is 14.3 Å². The molecule has 0 aromatic carbocycles. The molecular formula is C9H13N3O3. The monoisotopic (exact) mass is 211 g/mol. The summed E-state index contributed by atoms with van der Waals surface area (Å²) >= 11 is 0. The Bertz CT molecular complexity index is 332. The summed E-state index contributed by atoms with van der Waals surface area (Å²) in [5.74, 6) is 0.272. The maximum atomic E-state index is 11.4. The zero-order chi connectivity index (χ0) is 11.3. The molecule has 1 aromatic heterocycles. The minimum absolute atomic E-state index is 0.0352. The number of rotatable bonds is 4. The fourth-order valence-electron chi connectivity index (χ4n) is 0.954. The molecule has 15 heavy (non-hydrogen) atoms. The molecule has 6 nitrogen and oxygen atoms in total. The number of amides is 1. The third-order valence-electron chi connectivity index (χ3n) is 1.64. The molecule has 1 heterocycles. The molecular weight excluding hydrogens is 198 g/mol. The fraction of sp³-hybridized carbons (Fsp3) is 0.444. The fourth-order valence-corrected chi connectivity index (χ4v) is 0.954. The van der Waals surface area contributed by atoms with E-state index in [0.29, 0.717) is 18.3 Å². The Morgan fingerprint density at radius 3 is 2.27 bits per heavy atom. The average molecular weight is 211 g/mol. The van der Waals surface area contributed by atoms with Crippen molar-refractivity contribution in [2.75, 3.05) is 20.8 Å². The van der Waals surface area contributed by atoms with E-state index in [1.807, 2.05) is 6.92 Å². The van der Waals surface area contributed by atoms with Gasteiger partial charge in [0.15, 0.2) is 0 Å². The Hall–Kier alpha value is -1.85. The van der Waals surface area contributed by atoms with Gasteiger partial charge in [-0.3, -0.25) is 4.79 Å². The van der Waals surface area contributed by atoms with Gasteiger partial charge in [-0.05, 0) is 6.92 Å². The van der Waals surface area contributed by atoms with Gasteiger partial charge >= 0.3 is 0 Å². The number of hydrogen-bond donors (Lipinski definition) is 1. The predicted octanol–water partition coefficient (Wildman–Crippen LogP) is 0.244. The lowest BCUT2D eigenvalue weighted by atomic mass is 10.5. The van der Waals surface area contributed by atoms with Crippen LogP contribution in [0.3, 0.4) is 0 Å². The molecule has 0 spiro atoms. The Morgan fingerprint density at radius 1 is 1.33 bits per heavy atom. The van der Waals surface area contributed by atoms with Crippen LogP contribution < -0.4 is 14.8 Å². The van der Waals surface area contributed by atoms with Crippen LogP contribution in [0.25, 0.3) is 0 Å². The second kappa shape index (κ2) is 5.14. The highest BCUT2D eigenvalue weighted by atomic mass is 16.5. The molecule has 0 saturated carbocycles. The minimum Gasteiger partial charge on any atom is -0.481 e. The topological polar surface area (TPSA) is 73.3 Å². The Morgan fingerprint density at radius 2 is 1.87 bits per heavy atom. The highest BCUT2D eigenvalue weighted by Crippen LogP contribution is 2.14. The van der Waals surface area contributed by atoms with Gasteiger partial charge in [0.2, 0.25) is 17.6 Å². The van der Waals surface area contributed by atoms with Crippen molar-refractivity contribution in [3.8, 4) is 11.8 Å². The number of nitrogens with one attached hydrogen (secondary N) is 1. The van der Waals surface area contributed by atoms with Gasteiger partial charge in [0.05, 0.1) is 20.3 Å². The van der Waals surface area contributed by atoms with Gasteiger partial charge in [0, 0.05) is 6.54 Å². The van der Waals surface area contributed by atoms with Crippen LogP contribution in [0, 0.1) is 0 Å². The summed E-state index contributed by atoms with van der Waals surface area (Å²) in [6.45, 7) is 2.33. The van der Waals surface area contributed by atoms with Crippen molar-refractivity contribution in [1.82, 2.24) is 15.3 Å². The second-order valence-corrected chi connectivity index (χ2v) is 2.64. The van der Waals surface area contributed by atoms with Gasteiger partial charge in [0.25, 0.3) is 5.91 Å². The number of nitrogens with zero attached hydrogens (tertiary/aromatic N) is 2. The molecule has 0 unspecified atom stereocenters. The maximum Gasteiger partial charge on any atom is 0.289 e. The number of hydrogen-bond acceptors (Lipinski definition) is 5. The van der Waals surface area contributed by atoms with Crippen molar-refractivity contribution >= 4 is 5.91 Å². The van der Waals surface area contributed by atoms with Crippen LogP contribution in [0.15, 0.2) is 6.07 Å². The lowest BCUT2D eigenvalue weighted by molar-refractivity contribution is 0.0943. The first-order valence-corrected chi connectivity index (χ1v) is 4.46. The predicted molar refractivity (Wildman–Crippen MR) is 53.1 cm³/mol. The lowest BCUT2D eigenvalue weighted by Gasteiger charge is -2.05. The van der Waals surface area contributed by atoms with Crippen LogP contribution in [-0.4, -0.2) is 36.6 Å². The molecule has 0 atom stereocenters. The normalized spacial score (nSPS) is 9.53. The summed E-state index contributed by atoms with van der Waals surface area (Å²) in [5.41, 5.74) is 0. The summed E-state index contributed by atoms with van der Waals surface area (Å²) in [5, 5.41) is 2.59. The van der Waals surface area contributed by atoms with E-state index in [1.165, 1.54) is 20.3 Å². The molecule has 82 valence electrons. The van der Waals surface area contributed by atoms with Gasteiger partial charge in [0.1, 0.15) is 0 Å². The molecule has 0 aliphatic rings. The van der Waals surface area contributed by atoms with Crippen LogP contribution in [-0.2, 0) is 0 Å². The summed E-state index contributed by atoms with van der Waals surface area (Å²) in [6, 6.07) is 1.50. The van der Waals surface area contributed by atoms with Crippen molar-refractivity contribution in [1.29, 1.82) is 0 Å². The molecule has 0 bridgehead atoms. The Balaban J connectivity index is 3.01. The smallest absolute Gasteiger partial charge is 0.289 e. The molecule has 0 aliphatic carbocycles. The van der Waals surface area contributed by atoms with Crippen molar-refractivity contribution in [2.24, 2.45) is 0 Å². The van der Waals surface area contributed by atoms with Crippen LogP contribution in [0.1, 0.15) is 17.5 Å². The van der Waals surface area contributed by atoms with E-state index in [4.69, 9.17) is 9.47 Å². The van der Waals surface area contributed by atoms with E-state index >= 15 is 0 Å². The standard InChI is InChI=1S/C9H13N3O3/c1-4-10-9(13)8-11-6(14-2)5-7(12-8)15-3/h5H,4H2,1-3H3,(H,10,13). The van der Waals surface area contributed by atoms with E-state index < -0.39 is 0 Å². The van der Waals surface area contributed by atoms with Gasteiger partial charge < -0.3 is 14.8 Å². The Labute approximate surface area is 87.6 Å². The SMILES string of the molecule is CCNC(=O)c1nc(OC)cc(OC)n1. The van der Waals surface area contributed by atoms with E-state index in [0.717, 1.165) is 0 Å². The van der Waals surface area contributed by atoms with Gasteiger partial charge in [-0.1, -0.05) is 0 Å². The minimum atomic E-state index is -0.352. The van der Waals surface area contributed by atoms with Gasteiger partial charge in [-0.2, -0.15) is 9.97 Å². The van der Waals surface area contributed by atoms with Gasteiger partial charge in [-0.15, -0.1) is 0 Å². The van der Waals surface area contributed by atoms with Crippen molar-refractivity contribution in [3.63, 3.8) is 0 Å². The van der Waals surface area contributed by atoms with E-state index in [2.05, 4.69) is 15.3 Å². The molecule has 1 rings (SSSR count). The third-order valence-corrected chi connectivity index (χ3v) is 1.64. The highest BCUT2D eigenvalue weighted by molar-refractivity contribution is 5.90. The van der Waals surface area contributed by atoms with Crippen molar-refractivity contribution in [3.05, 3.63) is 11.9 Å². The largest absolute Gasteiger partial charge is 0.481 e. The zero-order valence-electron chi connectivity index (χ0n) is 8.90. The molecule has 0 saturated heterocycles. The molecule has 1 N–H and O–H groups in total. The number of methoxy groups -OCH3 is 2. The van der Waals surface area contributed by atoms with Gasteiger partial charge in [-0.25, -0.2) is 0 Å². The summed E-state index contributed by atoms with van der Waals surface area (Å²) in [4.78, 5) is 19.2. The number of ether oxygens (including phenoxy) is 2. The zero-order valence-corrected chi connectivity index (χ0v) is 8.90. The maximum absolute atomic E-state index is 11.4. The molecule has 0 radical (unpaired) electrons. The first-order valence-electron chi connectivity index (χ1n) is 4.46. The number of carbonyl (C=O) groups excluding carboxylic acids is 1. The van der Waals surface area contributed by atoms with E-state index in [-0.39, 0.29) is 11.7 Å². The van der Waals surface area contributed by atoms with E-state index in [1.54, 1.807) is 0 Å². The molecule has 1 amide bonds. The molecule has 0 fully saturated rings. The third kappa shape index (κ3) is 2.80. The van der Waals surface area contributed by atoms with Crippen molar-refractivity contribution in [2.45, 2.75) is 6.92 Å². The first kappa shape index (κ1) is 11.2. The second-order valence-electron chi connectivity index (χ2n) is 2.64. The summed E-state index contributed by atoms with van der Waals surface area (Å²) in [7, 11) is 2.92. The van der Waals surface area contributed by atoms with Crippen LogP contribution >= 0.6 is 0 Å². The molecule has 0 aliphatic heterocycles. The quantitative estimate of drug-likeness (QED) is 0.772. The number of carbonyl (C=O) groups is 1. The molecule has 1 aromatic rings. The van der Waals surface area contributed by atoms with Crippen LogP contribution in [0.2, 0.25) is 0 Å². The molecule has 6 heteroatoms. The number of aromatic nitrogens is 2. The van der Waals surface area contributed by atoms with Crippen LogP contribution in [0.5, 0.6) is 11.8 Å².